The average Bonchev–Trinajstić information content (AvgIpc) is 2.90. The topological polar surface area (TPSA) is 75.4 Å². The second kappa shape index (κ2) is 4.44. The van der Waals surface area contributed by atoms with Crippen molar-refractivity contribution in [1.82, 2.24) is 10.5 Å². The van der Waals surface area contributed by atoms with Crippen molar-refractivity contribution in [3.63, 3.8) is 0 Å². The normalized spacial score (nSPS) is 21.8. The molecule has 1 unspecified atom stereocenters. The van der Waals surface area contributed by atoms with E-state index < -0.39 is 11.6 Å². The zero-order chi connectivity index (χ0) is 15.2. The molecule has 0 saturated carbocycles. The summed E-state index contributed by atoms with van der Waals surface area (Å²) in [5.74, 6) is 0.0985. The molecule has 6 nitrogen and oxygen atoms in total. The van der Waals surface area contributed by atoms with Gasteiger partial charge in [-0.3, -0.25) is 4.79 Å². The minimum atomic E-state index is -1.09. The third kappa shape index (κ3) is 1.83. The summed E-state index contributed by atoms with van der Waals surface area (Å²) in [6, 6.07) is 8.68. The molecule has 0 radical (unpaired) electrons. The lowest BCUT2D eigenvalue weighted by Crippen LogP contribution is -2.40. The molecule has 108 valence electrons. The Labute approximate surface area is 121 Å². The van der Waals surface area contributed by atoms with Gasteiger partial charge in [0.2, 0.25) is 0 Å². The van der Waals surface area contributed by atoms with Crippen LogP contribution in [-0.2, 0) is 10.3 Å². The fourth-order valence-corrected chi connectivity index (χ4v) is 2.61. The quantitative estimate of drug-likeness (QED) is 0.859. The molecule has 1 aliphatic heterocycles. The lowest BCUT2D eigenvalue weighted by Gasteiger charge is -2.22. The van der Waals surface area contributed by atoms with E-state index in [0.717, 1.165) is 10.5 Å². The Morgan fingerprint density at radius 3 is 2.43 bits per heavy atom. The Morgan fingerprint density at radius 1 is 1.19 bits per heavy atom. The highest BCUT2D eigenvalue weighted by molar-refractivity contribution is 6.23. The molecule has 3 amide bonds. The van der Waals surface area contributed by atoms with Crippen molar-refractivity contribution in [2.75, 3.05) is 4.90 Å². The first-order valence-electron chi connectivity index (χ1n) is 6.60. The van der Waals surface area contributed by atoms with Gasteiger partial charge in [0, 0.05) is 0 Å². The first kappa shape index (κ1) is 13.4. The van der Waals surface area contributed by atoms with Crippen molar-refractivity contribution in [2.24, 2.45) is 0 Å². The van der Waals surface area contributed by atoms with Crippen LogP contribution in [0, 0.1) is 13.8 Å². The van der Waals surface area contributed by atoms with Gasteiger partial charge in [-0.2, -0.15) is 0 Å². The monoisotopic (exact) mass is 285 g/mol. The molecule has 21 heavy (non-hydrogen) atoms. The molecule has 1 atom stereocenters. The Morgan fingerprint density at radius 2 is 1.86 bits per heavy atom. The van der Waals surface area contributed by atoms with Crippen molar-refractivity contribution in [1.29, 1.82) is 0 Å². The van der Waals surface area contributed by atoms with E-state index in [-0.39, 0.29) is 5.91 Å². The van der Waals surface area contributed by atoms with E-state index in [4.69, 9.17) is 4.52 Å². The summed E-state index contributed by atoms with van der Waals surface area (Å²) < 4.78 is 5.05. The van der Waals surface area contributed by atoms with E-state index in [1.54, 1.807) is 20.8 Å². The Kier molecular flexibility index (Phi) is 2.83. The fraction of sp³-hybridized carbons (Fsp3) is 0.267. The lowest BCUT2D eigenvalue weighted by molar-refractivity contribution is -0.121. The standard InChI is InChI=1S/C15H15N3O3/c1-9-12(10(2)21-17-9)18-13(19)15(3,16-14(18)20)11-7-5-4-6-8-11/h4-8H,1-3H3,(H,16,20). The number of aromatic nitrogens is 1. The Bertz CT molecular complexity index is 704. The fourth-order valence-electron chi connectivity index (χ4n) is 2.61. The lowest BCUT2D eigenvalue weighted by atomic mass is 9.92. The maximum atomic E-state index is 12.8. The summed E-state index contributed by atoms with van der Waals surface area (Å²) in [6.07, 6.45) is 0. The van der Waals surface area contributed by atoms with E-state index in [2.05, 4.69) is 10.5 Å². The highest BCUT2D eigenvalue weighted by Gasteiger charge is 2.50. The Balaban J connectivity index is 2.08. The maximum absolute atomic E-state index is 12.8. The zero-order valence-electron chi connectivity index (χ0n) is 12.0. The molecule has 2 heterocycles. The molecule has 1 aromatic heterocycles. The first-order valence-corrected chi connectivity index (χ1v) is 6.60. The smallest absolute Gasteiger partial charge is 0.330 e. The average molecular weight is 285 g/mol. The molecule has 1 aliphatic rings. The summed E-state index contributed by atoms with van der Waals surface area (Å²) in [6.45, 7) is 5.07. The van der Waals surface area contributed by atoms with Crippen molar-refractivity contribution >= 4 is 17.6 Å². The third-order valence-electron chi connectivity index (χ3n) is 3.76. The zero-order valence-corrected chi connectivity index (χ0v) is 12.0. The molecule has 1 fully saturated rings. The molecule has 3 rings (SSSR count). The van der Waals surface area contributed by atoms with Gasteiger partial charge >= 0.3 is 6.03 Å². The first-order chi connectivity index (χ1) is 9.95. The highest BCUT2D eigenvalue weighted by atomic mass is 16.5. The van der Waals surface area contributed by atoms with E-state index >= 15 is 0 Å². The summed E-state index contributed by atoms with van der Waals surface area (Å²) in [4.78, 5) is 26.2. The summed E-state index contributed by atoms with van der Waals surface area (Å²) >= 11 is 0. The van der Waals surface area contributed by atoms with Crippen LogP contribution in [0.1, 0.15) is 23.9 Å². The number of nitrogens with zero attached hydrogens (tertiary/aromatic N) is 2. The van der Waals surface area contributed by atoms with Crippen LogP contribution in [0.25, 0.3) is 0 Å². The minimum absolute atomic E-state index is 0.340. The van der Waals surface area contributed by atoms with E-state index in [0.29, 0.717) is 17.1 Å². The van der Waals surface area contributed by atoms with Crippen molar-refractivity contribution in [3.05, 3.63) is 47.3 Å². The second-order valence-corrected chi connectivity index (χ2v) is 5.23. The van der Waals surface area contributed by atoms with E-state index in [9.17, 15) is 9.59 Å². The summed E-state index contributed by atoms with van der Waals surface area (Å²) in [5.41, 5.74) is 0.567. The number of hydrogen-bond donors (Lipinski definition) is 1. The van der Waals surface area contributed by atoms with E-state index in [1.807, 2.05) is 30.3 Å². The van der Waals surface area contributed by atoms with Crippen LogP contribution >= 0.6 is 0 Å². The highest BCUT2D eigenvalue weighted by Crippen LogP contribution is 2.34. The maximum Gasteiger partial charge on any atom is 0.330 e. The molecule has 0 bridgehead atoms. The van der Waals surface area contributed by atoms with Crippen molar-refractivity contribution < 1.29 is 14.1 Å². The van der Waals surface area contributed by atoms with Crippen LogP contribution < -0.4 is 10.2 Å². The largest absolute Gasteiger partial charge is 0.359 e. The van der Waals surface area contributed by atoms with Crippen molar-refractivity contribution in [2.45, 2.75) is 26.3 Å². The molecule has 0 aliphatic carbocycles. The molecular formula is C15H15N3O3. The van der Waals surface area contributed by atoms with Crippen LogP contribution in [0.4, 0.5) is 10.5 Å². The van der Waals surface area contributed by atoms with Gasteiger partial charge in [0.05, 0.1) is 0 Å². The van der Waals surface area contributed by atoms with Gasteiger partial charge in [0.25, 0.3) is 5.91 Å². The Hall–Kier alpha value is -2.63. The molecule has 2 aromatic rings. The number of urea groups is 1. The number of imide groups is 1. The predicted molar refractivity (Wildman–Crippen MR) is 75.8 cm³/mol. The number of benzene rings is 1. The molecule has 1 N–H and O–H groups in total. The number of carbonyl (C=O) groups excluding carboxylic acids is 2. The van der Waals surface area contributed by atoms with Crippen LogP contribution in [0.2, 0.25) is 0 Å². The van der Waals surface area contributed by atoms with Gasteiger partial charge in [-0.1, -0.05) is 35.5 Å². The summed E-state index contributed by atoms with van der Waals surface area (Å²) in [7, 11) is 0. The molecule has 1 aromatic carbocycles. The number of amides is 3. The van der Waals surface area contributed by atoms with Gasteiger partial charge in [-0.25, -0.2) is 9.69 Å². The van der Waals surface area contributed by atoms with Gasteiger partial charge in [-0.05, 0) is 26.3 Å². The molecular weight excluding hydrogens is 270 g/mol. The van der Waals surface area contributed by atoms with Gasteiger partial charge in [0.1, 0.15) is 16.9 Å². The van der Waals surface area contributed by atoms with Crippen molar-refractivity contribution in [3.8, 4) is 0 Å². The van der Waals surface area contributed by atoms with Gasteiger partial charge in [0.15, 0.2) is 5.76 Å². The molecule has 6 heteroatoms. The predicted octanol–water partition coefficient (Wildman–Crippen LogP) is 2.26. The van der Waals surface area contributed by atoms with Crippen LogP contribution in [-0.4, -0.2) is 17.1 Å². The molecule has 0 spiro atoms. The number of carbonyl (C=O) groups is 2. The van der Waals surface area contributed by atoms with Gasteiger partial charge in [-0.15, -0.1) is 0 Å². The van der Waals surface area contributed by atoms with Crippen LogP contribution in [0.3, 0.4) is 0 Å². The summed E-state index contributed by atoms with van der Waals surface area (Å²) in [5, 5.41) is 6.56. The second-order valence-electron chi connectivity index (χ2n) is 5.23. The van der Waals surface area contributed by atoms with Crippen LogP contribution in [0.15, 0.2) is 34.9 Å². The number of hydrogen-bond acceptors (Lipinski definition) is 4. The minimum Gasteiger partial charge on any atom is -0.359 e. The number of aryl methyl sites for hydroxylation is 2. The van der Waals surface area contributed by atoms with E-state index in [1.165, 1.54) is 0 Å². The number of anilines is 1. The number of nitrogens with one attached hydrogen (secondary N) is 1. The van der Waals surface area contributed by atoms with Crippen LogP contribution in [0.5, 0.6) is 0 Å². The SMILES string of the molecule is Cc1noc(C)c1N1C(=O)NC(C)(c2ccccc2)C1=O. The third-order valence-corrected chi connectivity index (χ3v) is 3.76. The molecule has 1 saturated heterocycles. The number of rotatable bonds is 2. The van der Waals surface area contributed by atoms with Gasteiger partial charge < -0.3 is 9.84 Å².